The molecular formula is C17H24N2O3S. The van der Waals surface area contributed by atoms with Gasteiger partial charge in [0, 0.05) is 22.4 Å². The Labute approximate surface area is 140 Å². The number of carbonyl (C=O) groups is 1. The molecule has 2 rings (SSSR count). The van der Waals surface area contributed by atoms with Crippen LogP contribution in [0.5, 0.6) is 0 Å². The Morgan fingerprint density at radius 2 is 2.09 bits per heavy atom. The standard InChI is InChI=1S/C17H24N2O3S/c1-4-12(2)18-16(20)11-23(21)10-15-13(3)22-17(19-15)14-8-6-5-7-9-14/h5-9,12-13,15H,4,10-11H2,1-3H3,(H,18,20). The van der Waals surface area contributed by atoms with Crippen LogP contribution in [0.15, 0.2) is 35.3 Å². The zero-order valence-electron chi connectivity index (χ0n) is 13.8. The van der Waals surface area contributed by atoms with E-state index in [0.717, 1.165) is 12.0 Å². The van der Waals surface area contributed by atoms with Gasteiger partial charge in [-0.2, -0.15) is 0 Å². The maximum Gasteiger partial charge on any atom is 0.232 e. The molecule has 0 saturated heterocycles. The molecule has 1 aliphatic rings. The van der Waals surface area contributed by atoms with Gasteiger partial charge < -0.3 is 10.1 Å². The summed E-state index contributed by atoms with van der Waals surface area (Å²) < 4.78 is 18.0. The summed E-state index contributed by atoms with van der Waals surface area (Å²) in [6, 6.07) is 9.59. The van der Waals surface area contributed by atoms with E-state index < -0.39 is 10.8 Å². The van der Waals surface area contributed by atoms with Gasteiger partial charge in [0.05, 0.1) is 5.75 Å². The van der Waals surface area contributed by atoms with Crippen LogP contribution >= 0.6 is 0 Å². The van der Waals surface area contributed by atoms with Gasteiger partial charge >= 0.3 is 0 Å². The molecule has 1 N–H and O–H groups in total. The minimum Gasteiger partial charge on any atom is -0.472 e. The predicted molar refractivity (Wildman–Crippen MR) is 93.1 cm³/mol. The van der Waals surface area contributed by atoms with Gasteiger partial charge in [0.15, 0.2) is 0 Å². The number of benzene rings is 1. The molecule has 6 heteroatoms. The third-order valence-electron chi connectivity index (χ3n) is 3.81. The van der Waals surface area contributed by atoms with E-state index in [1.165, 1.54) is 0 Å². The third kappa shape index (κ3) is 5.16. The molecule has 0 aliphatic carbocycles. The van der Waals surface area contributed by atoms with Crippen molar-refractivity contribution in [3.8, 4) is 0 Å². The lowest BCUT2D eigenvalue weighted by atomic mass is 10.2. The summed E-state index contributed by atoms with van der Waals surface area (Å²) in [4.78, 5) is 16.3. The molecule has 1 aromatic rings. The highest BCUT2D eigenvalue weighted by Gasteiger charge is 2.29. The number of hydrogen-bond donors (Lipinski definition) is 1. The molecule has 23 heavy (non-hydrogen) atoms. The number of ether oxygens (including phenoxy) is 1. The fourth-order valence-electron chi connectivity index (χ4n) is 2.25. The zero-order valence-corrected chi connectivity index (χ0v) is 14.6. The second-order valence-electron chi connectivity index (χ2n) is 5.82. The predicted octanol–water partition coefficient (Wildman–Crippen LogP) is 1.88. The Balaban J connectivity index is 1.91. The van der Waals surface area contributed by atoms with Crippen LogP contribution in [0.3, 0.4) is 0 Å². The summed E-state index contributed by atoms with van der Waals surface area (Å²) >= 11 is 0. The van der Waals surface area contributed by atoms with Crippen molar-refractivity contribution < 1.29 is 13.7 Å². The fourth-order valence-corrected chi connectivity index (χ4v) is 3.47. The molecule has 4 unspecified atom stereocenters. The molecule has 0 bridgehead atoms. The average molecular weight is 336 g/mol. The number of amides is 1. The molecule has 0 fully saturated rings. The Hall–Kier alpha value is -1.69. The summed E-state index contributed by atoms with van der Waals surface area (Å²) in [5.74, 6) is 0.774. The molecule has 5 nitrogen and oxygen atoms in total. The van der Waals surface area contributed by atoms with Gasteiger partial charge in [0.25, 0.3) is 0 Å². The van der Waals surface area contributed by atoms with E-state index in [2.05, 4.69) is 10.3 Å². The largest absolute Gasteiger partial charge is 0.472 e. The van der Waals surface area contributed by atoms with Crippen molar-refractivity contribution >= 4 is 22.6 Å². The van der Waals surface area contributed by atoms with Gasteiger partial charge in [0.1, 0.15) is 17.9 Å². The lowest BCUT2D eigenvalue weighted by Gasteiger charge is -2.13. The Morgan fingerprint density at radius 3 is 2.74 bits per heavy atom. The van der Waals surface area contributed by atoms with Crippen molar-refractivity contribution in [2.75, 3.05) is 11.5 Å². The molecule has 1 aliphatic heterocycles. The van der Waals surface area contributed by atoms with Crippen LogP contribution in [0.1, 0.15) is 32.8 Å². The highest BCUT2D eigenvalue weighted by atomic mass is 32.2. The first-order valence-electron chi connectivity index (χ1n) is 7.93. The minimum absolute atomic E-state index is 0.0176. The van der Waals surface area contributed by atoms with Gasteiger partial charge in [-0.25, -0.2) is 4.99 Å². The third-order valence-corrected chi connectivity index (χ3v) is 5.11. The molecule has 0 spiro atoms. The Bertz CT molecular complexity index is 589. The maximum atomic E-state index is 12.2. The summed E-state index contributed by atoms with van der Waals surface area (Å²) in [6.07, 6.45) is 0.725. The van der Waals surface area contributed by atoms with E-state index in [-0.39, 0.29) is 29.8 Å². The minimum atomic E-state index is -1.25. The SMILES string of the molecule is CCC(C)NC(=O)CS(=O)CC1N=C(c2ccccc2)OC1C. The van der Waals surface area contributed by atoms with E-state index in [4.69, 9.17) is 4.74 Å². The van der Waals surface area contributed by atoms with Crippen molar-refractivity contribution in [1.82, 2.24) is 5.32 Å². The molecule has 0 saturated carbocycles. The highest BCUT2D eigenvalue weighted by molar-refractivity contribution is 7.85. The van der Waals surface area contributed by atoms with Crippen LogP contribution in [0.4, 0.5) is 0 Å². The second-order valence-corrected chi connectivity index (χ2v) is 7.32. The fraction of sp³-hybridized carbons (Fsp3) is 0.529. The van der Waals surface area contributed by atoms with E-state index in [1.54, 1.807) is 0 Å². The Morgan fingerprint density at radius 1 is 1.39 bits per heavy atom. The summed E-state index contributed by atoms with van der Waals surface area (Å²) in [7, 11) is -1.25. The number of aliphatic imine (C=N–C) groups is 1. The van der Waals surface area contributed by atoms with E-state index >= 15 is 0 Å². The average Bonchev–Trinajstić information content (AvgIpc) is 2.88. The number of rotatable bonds is 7. The first kappa shape index (κ1) is 17.7. The van der Waals surface area contributed by atoms with Crippen molar-refractivity contribution in [3.63, 3.8) is 0 Å². The van der Waals surface area contributed by atoms with Crippen LogP contribution in [-0.2, 0) is 20.3 Å². The molecule has 126 valence electrons. The van der Waals surface area contributed by atoms with Gasteiger partial charge in [-0.1, -0.05) is 25.1 Å². The van der Waals surface area contributed by atoms with Crippen LogP contribution < -0.4 is 5.32 Å². The number of nitrogens with zero attached hydrogens (tertiary/aromatic N) is 1. The summed E-state index contributed by atoms with van der Waals surface area (Å²) in [6.45, 7) is 5.85. The normalized spacial score (nSPS) is 22.8. The Kier molecular flexibility index (Phi) is 6.33. The molecule has 0 aromatic heterocycles. The van der Waals surface area contributed by atoms with E-state index in [9.17, 15) is 9.00 Å². The molecule has 1 amide bonds. The summed E-state index contributed by atoms with van der Waals surface area (Å²) in [5, 5.41) is 2.83. The van der Waals surface area contributed by atoms with Gasteiger partial charge in [0.2, 0.25) is 11.8 Å². The van der Waals surface area contributed by atoms with Gasteiger partial charge in [-0.3, -0.25) is 9.00 Å². The van der Waals surface area contributed by atoms with Crippen LogP contribution in [0.25, 0.3) is 0 Å². The number of carbonyl (C=O) groups excluding carboxylic acids is 1. The first-order chi connectivity index (χ1) is 11.0. The molecule has 1 aromatic carbocycles. The van der Waals surface area contributed by atoms with E-state index in [0.29, 0.717) is 11.7 Å². The smallest absolute Gasteiger partial charge is 0.232 e. The molecule has 0 radical (unpaired) electrons. The number of hydrogen-bond acceptors (Lipinski definition) is 4. The molecule has 4 atom stereocenters. The summed E-state index contributed by atoms with van der Waals surface area (Å²) in [5.41, 5.74) is 0.919. The second kappa shape index (κ2) is 8.24. The highest BCUT2D eigenvalue weighted by Crippen LogP contribution is 2.18. The van der Waals surface area contributed by atoms with E-state index in [1.807, 2.05) is 51.1 Å². The number of nitrogens with one attached hydrogen (secondary N) is 1. The topological polar surface area (TPSA) is 67.8 Å². The quantitative estimate of drug-likeness (QED) is 0.827. The monoisotopic (exact) mass is 336 g/mol. The zero-order chi connectivity index (χ0) is 16.8. The van der Waals surface area contributed by atoms with Gasteiger partial charge in [-0.15, -0.1) is 0 Å². The van der Waals surface area contributed by atoms with Crippen LogP contribution in [0.2, 0.25) is 0 Å². The maximum absolute atomic E-state index is 12.2. The lowest BCUT2D eigenvalue weighted by molar-refractivity contribution is -0.119. The first-order valence-corrected chi connectivity index (χ1v) is 9.42. The van der Waals surface area contributed by atoms with Gasteiger partial charge in [-0.05, 0) is 32.4 Å². The molecular weight excluding hydrogens is 312 g/mol. The lowest BCUT2D eigenvalue weighted by Crippen LogP contribution is -2.37. The van der Waals surface area contributed by atoms with Crippen molar-refractivity contribution in [1.29, 1.82) is 0 Å². The molecule has 1 heterocycles. The van der Waals surface area contributed by atoms with Crippen molar-refractivity contribution in [2.24, 2.45) is 4.99 Å². The van der Waals surface area contributed by atoms with Crippen molar-refractivity contribution in [2.45, 2.75) is 45.4 Å². The van der Waals surface area contributed by atoms with Crippen LogP contribution in [0, 0.1) is 0 Å². The van der Waals surface area contributed by atoms with Crippen LogP contribution in [-0.4, -0.2) is 45.7 Å². The van der Waals surface area contributed by atoms with Crippen molar-refractivity contribution in [3.05, 3.63) is 35.9 Å².